The number of hydrogen-bond donors (Lipinski definition) is 2. The van der Waals surface area contributed by atoms with E-state index in [1.165, 1.54) is 7.11 Å². The third-order valence-electron chi connectivity index (χ3n) is 3.37. The third kappa shape index (κ3) is 6.38. The summed E-state index contributed by atoms with van der Waals surface area (Å²) in [5.74, 6) is 0.283. The van der Waals surface area contributed by atoms with Gasteiger partial charge in [-0.05, 0) is 29.8 Å². The van der Waals surface area contributed by atoms with Gasteiger partial charge in [0.2, 0.25) is 15.9 Å². The minimum absolute atomic E-state index is 0.0636. The molecule has 0 heterocycles. The molecule has 0 radical (unpaired) electrons. The van der Waals surface area contributed by atoms with E-state index in [-0.39, 0.29) is 12.3 Å². The van der Waals surface area contributed by atoms with Crippen molar-refractivity contribution in [3.05, 3.63) is 59.1 Å². The molecule has 0 bridgehead atoms. The van der Waals surface area contributed by atoms with Crippen LogP contribution in [0.1, 0.15) is 18.0 Å². The summed E-state index contributed by atoms with van der Waals surface area (Å²) < 4.78 is 30.8. The summed E-state index contributed by atoms with van der Waals surface area (Å²) in [7, 11) is -1.96. The number of benzene rings is 2. The number of nitrogens with one attached hydrogen (secondary N) is 2. The summed E-state index contributed by atoms with van der Waals surface area (Å²) in [5, 5.41) is 3.26. The molecule has 1 unspecified atom stereocenters. The second kappa shape index (κ2) is 8.33. The van der Waals surface area contributed by atoms with Gasteiger partial charge in [-0.15, -0.1) is 0 Å². The van der Waals surface area contributed by atoms with Gasteiger partial charge in [0.15, 0.2) is 0 Å². The highest BCUT2D eigenvalue weighted by Crippen LogP contribution is 2.22. The molecule has 6 nitrogen and oxygen atoms in total. The number of rotatable bonds is 7. The van der Waals surface area contributed by atoms with Crippen molar-refractivity contribution in [2.24, 2.45) is 0 Å². The molecule has 8 heteroatoms. The summed E-state index contributed by atoms with van der Waals surface area (Å²) in [6.07, 6.45) is 0.988. The topological polar surface area (TPSA) is 84.5 Å². The molecule has 1 atom stereocenters. The van der Waals surface area contributed by atoms with Gasteiger partial charge in [0, 0.05) is 23.2 Å². The van der Waals surface area contributed by atoms with Crippen molar-refractivity contribution < 1.29 is 17.9 Å². The molecule has 0 fully saturated rings. The fraction of sp³-hybridized carbons (Fsp3) is 0.235. The average Bonchev–Trinajstić information content (AvgIpc) is 2.53. The van der Waals surface area contributed by atoms with Crippen LogP contribution in [-0.2, 0) is 14.8 Å². The SMILES string of the molecule is COc1cccc(NC(=O)CC(NS(C)(=O)=O)c2ccc(Cl)cc2)c1. The van der Waals surface area contributed by atoms with Gasteiger partial charge in [-0.2, -0.15) is 0 Å². The van der Waals surface area contributed by atoms with E-state index in [2.05, 4.69) is 10.0 Å². The number of anilines is 1. The lowest BCUT2D eigenvalue weighted by molar-refractivity contribution is -0.116. The number of hydrogen-bond acceptors (Lipinski definition) is 4. The number of amides is 1. The summed E-state index contributed by atoms with van der Waals surface area (Å²) in [6.45, 7) is 0. The van der Waals surface area contributed by atoms with Crippen LogP contribution in [0.2, 0.25) is 5.02 Å². The van der Waals surface area contributed by atoms with Gasteiger partial charge >= 0.3 is 0 Å². The van der Waals surface area contributed by atoms with Crippen LogP contribution in [0.15, 0.2) is 48.5 Å². The molecule has 0 aliphatic heterocycles. The molecular weight excluding hydrogens is 364 g/mol. The molecule has 2 N–H and O–H groups in total. The Kier molecular flexibility index (Phi) is 6.41. The van der Waals surface area contributed by atoms with Crippen LogP contribution in [0.25, 0.3) is 0 Å². The zero-order chi connectivity index (χ0) is 18.4. The van der Waals surface area contributed by atoms with Crippen molar-refractivity contribution in [1.82, 2.24) is 4.72 Å². The minimum Gasteiger partial charge on any atom is -0.497 e. The Hall–Kier alpha value is -2.09. The highest BCUT2D eigenvalue weighted by molar-refractivity contribution is 7.88. The van der Waals surface area contributed by atoms with Gasteiger partial charge in [0.1, 0.15) is 5.75 Å². The molecule has 1 amide bonds. The zero-order valence-electron chi connectivity index (χ0n) is 13.8. The monoisotopic (exact) mass is 382 g/mol. The van der Waals surface area contributed by atoms with Crippen LogP contribution in [0.4, 0.5) is 5.69 Å². The highest BCUT2D eigenvalue weighted by atomic mass is 35.5. The lowest BCUT2D eigenvalue weighted by Crippen LogP contribution is -2.30. The molecule has 2 aromatic carbocycles. The second-order valence-electron chi connectivity index (χ2n) is 5.48. The van der Waals surface area contributed by atoms with E-state index >= 15 is 0 Å². The summed E-state index contributed by atoms with van der Waals surface area (Å²) in [5.41, 5.74) is 1.22. The predicted octanol–water partition coefficient (Wildman–Crippen LogP) is 2.97. The minimum atomic E-state index is -3.49. The van der Waals surface area contributed by atoms with Gasteiger partial charge in [-0.1, -0.05) is 29.8 Å². The molecule has 2 aromatic rings. The van der Waals surface area contributed by atoms with Crippen LogP contribution in [-0.4, -0.2) is 27.7 Å². The summed E-state index contributed by atoms with van der Waals surface area (Å²) in [4.78, 5) is 12.3. The Labute approximate surface area is 152 Å². The number of ether oxygens (including phenoxy) is 1. The van der Waals surface area contributed by atoms with Gasteiger partial charge in [-0.3, -0.25) is 4.79 Å². The van der Waals surface area contributed by atoms with E-state index in [1.54, 1.807) is 48.5 Å². The van der Waals surface area contributed by atoms with Gasteiger partial charge in [0.25, 0.3) is 0 Å². The van der Waals surface area contributed by atoms with E-state index in [0.29, 0.717) is 22.0 Å². The van der Waals surface area contributed by atoms with Crippen LogP contribution in [0.3, 0.4) is 0 Å². The van der Waals surface area contributed by atoms with E-state index in [0.717, 1.165) is 6.26 Å². The average molecular weight is 383 g/mol. The van der Waals surface area contributed by atoms with Gasteiger partial charge in [0.05, 0.1) is 19.4 Å². The number of halogens is 1. The molecule has 0 aromatic heterocycles. The fourth-order valence-corrected chi connectivity index (χ4v) is 3.14. The quantitative estimate of drug-likeness (QED) is 0.771. The van der Waals surface area contributed by atoms with Gasteiger partial charge in [-0.25, -0.2) is 13.1 Å². The zero-order valence-corrected chi connectivity index (χ0v) is 15.4. The molecule has 0 spiro atoms. The molecule has 134 valence electrons. The molecule has 0 aliphatic rings. The Morgan fingerprint density at radius 3 is 2.48 bits per heavy atom. The first kappa shape index (κ1) is 19.2. The number of sulfonamides is 1. The molecule has 2 rings (SSSR count). The first-order valence-electron chi connectivity index (χ1n) is 7.43. The van der Waals surface area contributed by atoms with Crippen molar-refractivity contribution in [3.8, 4) is 5.75 Å². The standard InChI is InChI=1S/C17H19ClN2O4S/c1-24-15-5-3-4-14(10-15)19-17(21)11-16(20-25(2,22)23)12-6-8-13(18)9-7-12/h3-10,16,20H,11H2,1-2H3,(H,19,21). The summed E-state index contributed by atoms with van der Waals surface area (Å²) in [6, 6.07) is 12.9. The van der Waals surface area contributed by atoms with Crippen molar-refractivity contribution in [1.29, 1.82) is 0 Å². The van der Waals surface area contributed by atoms with E-state index < -0.39 is 16.1 Å². The maximum atomic E-state index is 12.3. The number of carbonyl (C=O) groups is 1. The van der Waals surface area contributed by atoms with Crippen molar-refractivity contribution in [2.75, 3.05) is 18.7 Å². The van der Waals surface area contributed by atoms with Crippen LogP contribution in [0, 0.1) is 0 Å². The largest absolute Gasteiger partial charge is 0.497 e. The smallest absolute Gasteiger partial charge is 0.226 e. The molecule has 0 saturated carbocycles. The Balaban J connectivity index is 2.14. The van der Waals surface area contributed by atoms with E-state index in [4.69, 9.17) is 16.3 Å². The highest BCUT2D eigenvalue weighted by Gasteiger charge is 2.20. The molecular formula is C17H19ClN2O4S. The number of carbonyl (C=O) groups excluding carboxylic acids is 1. The van der Waals surface area contributed by atoms with Crippen LogP contribution in [0.5, 0.6) is 5.75 Å². The maximum absolute atomic E-state index is 12.3. The first-order valence-corrected chi connectivity index (χ1v) is 9.70. The first-order chi connectivity index (χ1) is 11.8. The normalized spacial score (nSPS) is 12.4. The molecule has 25 heavy (non-hydrogen) atoms. The maximum Gasteiger partial charge on any atom is 0.226 e. The van der Waals surface area contributed by atoms with Gasteiger partial charge < -0.3 is 10.1 Å². The van der Waals surface area contributed by atoms with E-state index in [9.17, 15) is 13.2 Å². The second-order valence-corrected chi connectivity index (χ2v) is 7.69. The Bertz CT molecular complexity index is 838. The van der Waals surface area contributed by atoms with Crippen molar-refractivity contribution >= 4 is 33.2 Å². The molecule has 0 aliphatic carbocycles. The fourth-order valence-electron chi connectivity index (χ4n) is 2.28. The van der Waals surface area contributed by atoms with Crippen molar-refractivity contribution in [2.45, 2.75) is 12.5 Å². The van der Waals surface area contributed by atoms with Crippen molar-refractivity contribution in [3.63, 3.8) is 0 Å². The Morgan fingerprint density at radius 2 is 1.88 bits per heavy atom. The third-order valence-corrected chi connectivity index (χ3v) is 4.34. The lowest BCUT2D eigenvalue weighted by Gasteiger charge is -2.18. The van der Waals surface area contributed by atoms with Crippen LogP contribution < -0.4 is 14.8 Å². The Morgan fingerprint density at radius 1 is 1.20 bits per heavy atom. The lowest BCUT2D eigenvalue weighted by atomic mass is 10.0. The summed E-state index contributed by atoms with van der Waals surface area (Å²) >= 11 is 5.86. The van der Waals surface area contributed by atoms with Crippen LogP contribution >= 0.6 is 11.6 Å². The molecule has 0 saturated heterocycles. The number of methoxy groups -OCH3 is 1. The van der Waals surface area contributed by atoms with E-state index in [1.807, 2.05) is 0 Å². The predicted molar refractivity (Wildman–Crippen MR) is 98.4 cm³/mol.